The summed E-state index contributed by atoms with van der Waals surface area (Å²) in [6.07, 6.45) is 0.894. The lowest BCUT2D eigenvalue weighted by Gasteiger charge is -2.08. The maximum absolute atomic E-state index is 5.77. The van der Waals surface area contributed by atoms with Crippen molar-refractivity contribution in [3.63, 3.8) is 0 Å². The van der Waals surface area contributed by atoms with E-state index in [0.717, 1.165) is 17.9 Å². The average molecular weight is 241 g/mol. The number of nitrogens with two attached hydrogens (primary N) is 1. The molecular formula is C16H19NO. The van der Waals surface area contributed by atoms with Gasteiger partial charge in [-0.2, -0.15) is 0 Å². The first kappa shape index (κ1) is 12.7. The van der Waals surface area contributed by atoms with Gasteiger partial charge in [0, 0.05) is 6.04 Å². The van der Waals surface area contributed by atoms with Crippen molar-refractivity contribution in [2.75, 3.05) is 0 Å². The Morgan fingerprint density at radius 3 is 1.94 bits per heavy atom. The van der Waals surface area contributed by atoms with Gasteiger partial charge in [0.2, 0.25) is 0 Å². The largest absolute Gasteiger partial charge is 0.457 e. The second kappa shape index (κ2) is 5.69. The summed E-state index contributed by atoms with van der Waals surface area (Å²) in [4.78, 5) is 0. The standard InChI is InChI=1S/C16H19NO/c1-12-3-7-15(8-4-12)18-16-9-5-14(6-10-16)11-13(2)17/h3-10,13H,11,17H2,1-2H3. The molecule has 0 aromatic heterocycles. The smallest absolute Gasteiger partial charge is 0.127 e. The van der Waals surface area contributed by atoms with Crippen LogP contribution in [0.25, 0.3) is 0 Å². The minimum absolute atomic E-state index is 0.189. The van der Waals surface area contributed by atoms with Gasteiger partial charge in [0.15, 0.2) is 0 Å². The molecule has 0 aliphatic carbocycles. The molecule has 0 spiro atoms. The molecule has 18 heavy (non-hydrogen) atoms. The molecule has 2 nitrogen and oxygen atoms in total. The van der Waals surface area contributed by atoms with E-state index >= 15 is 0 Å². The molecule has 0 saturated carbocycles. The zero-order valence-electron chi connectivity index (χ0n) is 10.9. The highest BCUT2D eigenvalue weighted by molar-refractivity contribution is 5.34. The Morgan fingerprint density at radius 2 is 1.44 bits per heavy atom. The summed E-state index contributed by atoms with van der Waals surface area (Å²) in [5.41, 5.74) is 8.24. The van der Waals surface area contributed by atoms with E-state index in [2.05, 4.69) is 19.1 Å². The fourth-order valence-corrected chi connectivity index (χ4v) is 1.81. The number of ether oxygens (including phenoxy) is 1. The highest BCUT2D eigenvalue weighted by atomic mass is 16.5. The van der Waals surface area contributed by atoms with Gasteiger partial charge in [-0.15, -0.1) is 0 Å². The van der Waals surface area contributed by atoms with Crippen LogP contribution in [0, 0.1) is 6.92 Å². The Balaban J connectivity index is 2.04. The number of hydrogen-bond donors (Lipinski definition) is 1. The topological polar surface area (TPSA) is 35.2 Å². The van der Waals surface area contributed by atoms with Crippen LogP contribution in [-0.4, -0.2) is 6.04 Å². The Hall–Kier alpha value is -1.80. The Morgan fingerprint density at radius 1 is 0.944 bits per heavy atom. The third-order valence-corrected chi connectivity index (χ3v) is 2.74. The minimum atomic E-state index is 0.189. The second-order valence-electron chi connectivity index (χ2n) is 4.74. The fourth-order valence-electron chi connectivity index (χ4n) is 1.81. The van der Waals surface area contributed by atoms with E-state index in [1.54, 1.807) is 0 Å². The first-order chi connectivity index (χ1) is 8.63. The molecule has 0 bridgehead atoms. The number of benzene rings is 2. The highest BCUT2D eigenvalue weighted by Gasteiger charge is 2.00. The van der Waals surface area contributed by atoms with Crippen LogP contribution in [0.4, 0.5) is 0 Å². The SMILES string of the molecule is Cc1ccc(Oc2ccc(CC(C)N)cc2)cc1. The predicted molar refractivity (Wildman–Crippen MR) is 75.0 cm³/mol. The van der Waals surface area contributed by atoms with Gasteiger partial charge in [0.25, 0.3) is 0 Å². The van der Waals surface area contributed by atoms with Crippen molar-refractivity contribution in [2.45, 2.75) is 26.3 Å². The molecule has 0 amide bonds. The summed E-state index contributed by atoms with van der Waals surface area (Å²) in [5, 5.41) is 0. The van der Waals surface area contributed by atoms with Crippen LogP contribution in [0.3, 0.4) is 0 Å². The third-order valence-electron chi connectivity index (χ3n) is 2.74. The lowest BCUT2D eigenvalue weighted by Crippen LogP contribution is -2.17. The van der Waals surface area contributed by atoms with E-state index < -0.39 is 0 Å². The molecule has 2 aromatic carbocycles. The lowest BCUT2D eigenvalue weighted by molar-refractivity contribution is 0.482. The molecule has 0 fully saturated rings. The van der Waals surface area contributed by atoms with Crippen molar-refractivity contribution in [1.29, 1.82) is 0 Å². The van der Waals surface area contributed by atoms with Gasteiger partial charge >= 0.3 is 0 Å². The van der Waals surface area contributed by atoms with Crippen LogP contribution in [0.1, 0.15) is 18.1 Å². The van der Waals surface area contributed by atoms with Crippen molar-refractivity contribution in [3.8, 4) is 11.5 Å². The first-order valence-electron chi connectivity index (χ1n) is 6.22. The van der Waals surface area contributed by atoms with Crippen molar-refractivity contribution in [1.82, 2.24) is 0 Å². The van der Waals surface area contributed by atoms with Crippen molar-refractivity contribution in [3.05, 3.63) is 59.7 Å². The fraction of sp³-hybridized carbons (Fsp3) is 0.250. The van der Waals surface area contributed by atoms with Crippen LogP contribution in [0.15, 0.2) is 48.5 Å². The Kier molecular flexibility index (Phi) is 4.00. The maximum Gasteiger partial charge on any atom is 0.127 e. The summed E-state index contributed by atoms with van der Waals surface area (Å²) in [5.74, 6) is 1.72. The third kappa shape index (κ3) is 3.60. The molecule has 2 aromatic rings. The molecule has 94 valence electrons. The van der Waals surface area contributed by atoms with Crippen molar-refractivity contribution >= 4 is 0 Å². The van der Waals surface area contributed by atoms with Crippen LogP contribution < -0.4 is 10.5 Å². The van der Waals surface area contributed by atoms with E-state index in [4.69, 9.17) is 10.5 Å². The van der Waals surface area contributed by atoms with Gasteiger partial charge in [-0.25, -0.2) is 0 Å². The van der Waals surface area contributed by atoms with Crippen LogP contribution in [0.2, 0.25) is 0 Å². The predicted octanol–water partition coefficient (Wildman–Crippen LogP) is 3.68. The lowest BCUT2D eigenvalue weighted by atomic mass is 10.1. The molecule has 2 heteroatoms. The van der Waals surface area contributed by atoms with E-state index in [9.17, 15) is 0 Å². The van der Waals surface area contributed by atoms with Gasteiger partial charge < -0.3 is 10.5 Å². The van der Waals surface area contributed by atoms with Gasteiger partial charge in [-0.1, -0.05) is 29.8 Å². The quantitative estimate of drug-likeness (QED) is 0.886. The van der Waals surface area contributed by atoms with Gasteiger partial charge in [0.05, 0.1) is 0 Å². The molecule has 0 saturated heterocycles. The van der Waals surface area contributed by atoms with Crippen molar-refractivity contribution in [2.24, 2.45) is 5.73 Å². The molecule has 0 aliphatic rings. The summed E-state index contributed by atoms with van der Waals surface area (Å²) in [7, 11) is 0. The molecule has 2 rings (SSSR count). The van der Waals surface area contributed by atoms with E-state index in [1.165, 1.54) is 11.1 Å². The summed E-state index contributed by atoms with van der Waals surface area (Å²) in [6, 6.07) is 16.3. The summed E-state index contributed by atoms with van der Waals surface area (Å²) >= 11 is 0. The molecule has 2 N–H and O–H groups in total. The Bertz CT molecular complexity index is 486. The number of aryl methyl sites for hydroxylation is 1. The zero-order chi connectivity index (χ0) is 13.0. The maximum atomic E-state index is 5.77. The monoisotopic (exact) mass is 241 g/mol. The Labute approximate surface area is 108 Å². The van der Waals surface area contributed by atoms with Gasteiger partial charge in [-0.3, -0.25) is 0 Å². The van der Waals surface area contributed by atoms with Gasteiger partial charge in [0.1, 0.15) is 11.5 Å². The van der Waals surface area contributed by atoms with Crippen LogP contribution >= 0.6 is 0 Å². The molecule has 0 heterocycles. The molecule has 1 unspecified atom stereocenters. The van der Waals surface area contributed by atoms with Crippen LogP contribution in [0.5, 0.6) is 11.5 Å². The normalized spacial score (nSPS) is 12.2. The van der Waals surface area contributed by atoms with Crippen molar-refractivity contribution < 1.29 is 4.74 Å². The summed E-state index contributed by atoms with van der Waals surface area (Å²) in [6.45, 7) is 4.07. The zero-order valence-corrected chi connectivity index (χ0v) is 10.9. The number of rotatable bonds is 4. The summed E-state index contributed by atoms with van der Waals surface area (Å²) < 4.78 is 5.76. The highest BCUT2D eigenvalue weighted by Crippen LogP contribution is 2.22. The first-order valence-corrected chi connectivity index (χ1v) is 6.22. The van der Waals surface area contributed by atoms with E-state index in [1.807, 2.05) is 43.3 Å². The van der Waals surface area contributed by atoms with Gasteiger partial charge in [-0.05, 0) is 50.1 Å². The second-order valence-corrected chi connectivity index (χ2v) is 4.74. The molecular weight excluding hydrogens is 222 g/mol. The van der Waals surface area contributed by atoms with Crippen LogP contribution in [-0.2, 0) is 6.42 Å². The minimum Gasteiger partial charge on any atom is -0.457 e. The molecule has 1 atom stereocenters. The average Bonchev–Trinajstić information content (AvgIpc) is 2.34. The van der Waals surface area contributed by atoms with E-state index in [-0.39, 0.29) is 6.04 Å². The molecule has 0 aliphatic heterocycles. The number of hydrogen-bond acceptors (Lipinski definition) is 2. The van der Waals surface area contributed by atoms with E-state index in [0.29, 0.717) is 0 Å². The molecule has 0 radical (unpaired) electrons.